The van der Waals surface area contributed by atoms with Gasteiger partial charge in [0.2, 0.25) is 0 Å². The number of amides is 1. The van der Waals surface area contributed by atoms with Gasteiger partial charge in [-0.25, -0.2) is 4.79 Å². The maximum atomic E-state index is 12.5. The second kappa shape index (κ2) is 20.3. The Bertz CT molecular complexity index is 998. The molecule has 4 nitrogen and oxygen atoms in total. The molecule has 0 spiro atoms. The van der Waals surface area contributed by atoms with Crippen LogP contribution in [-0.4, -0.2) is 35.0 Å². The molecule has 2 aliphatic rings. The second-order valence-electron chi connectivity index (χ2n) is 11.9. The molecule has 1 saturated carbocycles. The van der Waals surface area contributed by atoms with Crippen LogP contribution in [0.2, 0.25) is 0 Å². The normalized spacial score (nSPS) is 17.0. The number of ketones is 1. The van der Waals surface area contributed by atoms with Crippen molar-refractivity contribution in [2.45, 2.75) is 131 Å². The molecule has 1 amide bonds. The molecule has 41 heavy (non-hydrogen) atoms. The Kier molecular flexibility index (Phi) is 19.5. The summed E-state index contributed by atoms with van der Waals surface area (Å²) in [6, 6.07) is 9.75. The van der Waals surface area contributed by atoms with Gasteiger partial charge in [0.25, 0.3) is 0 Å². The zero-order valence-electron chi connectivity index (χ0n) is 27.8. The Balaban J connectivity index is 0.000000694. The summed E-state index contributed by atoms with van der Waals surface area (Å²) in [5.41, 5.74) is 4.72. The first kappa shape index (κ1) is 39.4. The van der Waals surface area contributed by atoms with Crippen molar-refractivity contribution in [3.63, 3.8) is 0 Å². The fraction of sp³-hybridized carbons (Fsp3) is 0.611. The predicted octanol–water partition coefficient (Wildman–Crippen LogP) is 6.54. The van der Waals surface area contributed by atoms with Crippen LogP contribution in [0.25, 0.3) is 0 Å². The number of carbonyl (C=O) groups is 2. The first-order chi connectivity index (χ1) is 18.9. The zero-order chi connectivity index (χ0) is 30.3. The van der Waals surface area contributed by atoms with E-state index in [2.05, 4.69) is 64.6 Å². The standard InChI is InChI=1S/C19H31NO2.C11H13.C6H10O.Na/c1-7-11-15(12-8-2)16-13-10-14-20(17(16)9-3)18(21)22-19(4,5)6;1-9-4-2-7-11(8-9)10-5-3-6-10;1-4-6(7)5(2)3;/h17H,7-11,14H2,1-6H3;2,7-8,10H,3,5-6H2,1H3;4-5H,1H2,2-3H3;/q-2;-1;;+1. The van der Waals surface area contributed by atoms with Crippen LogP contribution in [0.1, 0.15) is 124 Å². The quantitative estimate of drug-likeness (QED) is 0.202. The van der Waals surface area contributed by atoms with E-state index in [4.69, 9.17) is 4.74 Å². The number of hydrogen-bond donors (Lipinski definition) is 0. The van der Waals surface area contributed by atoms with E-state index in [0.29, 0.717) is 6.54 Å². The van der Waals surface area contributed by atoms with Crippen LogP contribution in [0.4, 0.5) is 4.79 Å². The topological polar surface area (TPSA) is 46.6 Å². The molecule has 0 N–H and O–H groups in total. The molecule has 1 aliphatic heterocycles. The van der Waals surface area contributed by atoms with Crippen molar-refractivity contribution in [2.75, 3.05) is 6.54 Å². The second-order valence-corrected chi connectivity index (χ2v) is 11.9. The van der Waals surface area contributed by atoms with Gasteiger partial charge in [-0.1, -0.05) is 61.0 Å². The van der Waals surface area contributed by atoms with Crippen LogP contribution in [0, 0.1) is 31.1 Å². The van der Waals surface area contributed by atoms with Crippen LogP contribution in [0.15, 0.2) is 42.0 Å². The fourth-order valence-electron chi connectivity index (χ4n) is 4.63. The van der Waals surface area contributed by atoms with Gasteiger partial charge in [0.1, 0.15) is 5.60 Å². The van der Waals surface area contributed by atoms with Gasteiger partial charge < -0.3 is 32.9 Å². The Morgan fingerprint density at radius 2 is 1.88 bits per heavy atom. The predicted molar refractivity (Wildman–Crippen MR) is 167 cm³/mol. The summed E-state index contributed by atoms with van der Waals surface area (Å²) >= 11 is 0. The summed E-state index contributed by atoms with van der Waals surface area (Å²) in [4.78, 5) is 24.8. The van der Waals surface area contributed by atoms with Gasteiger partial charge in [-0.3, -0.25) is 4.79 Å². The molecule has 1 atom stereocenters. The molecular weight excluding hydrogens is 517 g/mol. The molecule has 1 fully saturated rings. The number of aryl methyl sites for hydroxylation is 1. The third kappa shape index (κ3) is 14.4. The van der Waals surface area contributed by atoms with Crippen LogP contribution in [0.3, 0.4) is 0 Å². The zero-order valence-corrected chi connectivity index (χ0v) is 29.8. The maximum Gasteiger partial charge on any atom is 1.00 e. The van der Waals surface area contributed by atoms with Crippen molar-refractivity contribution in [1.29, 1.82) is 0 Å². The van der Waals surface area contributed by atoms with Gasteiger partial charge >= 0.3 is 35.7 Å². The molecule has 224 valence electrons. The van der Waals surface area contributed by atoms with Crippen molar-refractivity contribution >= 4 is 11.9 Å². The third-order valence-electron chi connectivity index (χ3n) is 6.92. The van der Waals surface area contributed by atoms with E-state index in [1.807, 2.05) is 45.6 Å². The number of hydrogen-bond acceptors (Lipinski definition) is 3. The van der Waals surface area contributed by atoms with Gasteiger partial charge in [0.15, 0.2) is 5.78 Å². The molecule has 1 aromatic rings. The van der Waals surface area contributed by atoms with Gasteiger partial charge in [-0.05, 0) is 58.1 Å². The van der Waals surface area contributed by atoms with E-state index in [1.54, 1.807) is 0 Å². The van der Waals surface area contributed by atoms with E-state index in [1.165, 1.54) is 42.0 Å². The average Bonchev–Trinajstić information content (AvgIpc) is 2.86. The summed E-state index contributed by atoms with van der Waals surface area (Å²) in [6.07, 6.45) is 16.9. The number of carbonyl (C=O) groups excluding carboxylic acids is 2. The average molecular weight is 572 g/mol. The molecule has 1 heterocycles. The number of allylic oxidation sites excluding steroid dienone is 2. The number of benzene rings is 1. The SMILES string of the molecule is C=CC(=O)C(C)C.CC[C-]=C(CCC)C1=[C-]CCN(C(=O)OC(C)(C)C)C1CC.Cc1[c-]ccc(C2CCC2)c1.[Na+]. The van der Waals surface area contributed by atoms with Crippen molar-refractivity contribution in [1.82, 2.24) is 4.90 Å². The Morgan fingerprint density at radius 3 is 2.29 bits per heavy atom. The van der Waals surface area contributed by atoms with E-state index in [0.717, 1.165) is 43.6 Å². The molecule has 1 aromatic carbocycles. The minimum absolute atomic E-state index is 0. The summed E-state index contributed by atoms with van der Waals surface area (Å²) in [5, 5.41) is 0. The Hall–Kier alpha value is -1.62. The molecule has 0 radical (unpaired) electrons. The van der Waals surface area contributed by atoms with Gasteiger partial charge in [0.05, 0.1) is 0 Å². The monoisotopic (exact) mass is 571 g/mol. The van der Waals surface area contributed by atoms with Gasteiger partial charge in [0, 0.05) is 12.5 Å². The minimum atomic E-state index is -0.460. The van der Waals surface area contributed by atoms with Crippen LogP contribution in [-0.2, 0) is 9.53 Å². The van der Waals surface area contributed by atoms with Crippen molar-refractivity contribution < 1.29 is 43.9 Å². The summed E-state index contributed by atoms with van der Waals surface area (Å²) in [6.45, 7) is 21.9. The summed E-state index contributed by atoms with van der Waals surface area (Å²) < 4.78 is 5.57. The molecule has 5 heteroatoms. The van der Waals surface area contributed by atoms with Crippen molar-refractivity contribution in [2.24, 2.45) is 5.92 Å². The third-order valence-corrected chi connectivity index (χ3v) is 6.92. The van der Waals surface area contributed by atoms with Crippen molar-refractivity contribution in [3.8, 4) is 0 Å². The molecule has 1 unspecified atom stereocenters. The smallest absolute Gasteiger partial charge is 0.444 e. The van der Waals surface area contributed by atoms with Crippen LogP contribution >= 0.6 is 0 Å². The first-order valence-corrected chi connectivity index (χ1v) is 15.2. The molecule has 0 bridgehead atoms. The van der Waals surface area contributed by atoms with E-state index in [-0.39, 0.29) is 53.4 Å². The number of ether oxygens (including phenoxy) is 1. The Labute approximate surface area is 274 Å². The van der Waals surface area contributed by atoms with Gasteiger partial charge in [-0.2, -0.15) is 35.4 Å². The van der Waals surface area contributed by atoms with E-state index in [9.17, 15) is 9.59 Å². The summed E-state index contributed by atoms with van der Waals surface area (Å²) in [5.74, 6) is 1.08. The summed E-state index contributed by atoms with van der Waals surface area (Å²) in [7, 11) is 0. The maximum absolute atomic E-state index is 12.5. The Morgan fingerprint density at radius 1 is 1.22 bits per heavy atom. The van der Waals surface area contributed by atoms with Crippen LogP contribution < -0.4 is 29.6 Å². The van der Waals surface area contributed by atoms with Crippen LogP contribution in [0.5, 0.6) is 0 Å². The van der Waals surface area contributed by atoms with E-state index >= 15 is 0 Å². The fourth-order valence-corrected chi connectivity index (χ4v) is 4.63. The molecular formula is C36H54NNaO3-2. The minimum Gasteiger partial charge on any atom is -0.444 e. The van der Waals surface area contributed by atoms with Crippen molar-refractivity contribution in [3.05, 3.63) is 71.3 Å². The first-order valence-electron chi connectivity index (χ1n) is 15.2. The van der Waals surface area contributed by atoms with Gasteiger partial charge in [-0.15, -0.1) is 19.3 Å². The van der Waals surface area contributed by atoms with E-state index < -0.39 is 5.60 Å². The number of rotatable bonds is 8. The molecule has 3 rings (SSSR count). The molecule has 0 aromatic heterocycles. The largest absolute Gasteiger partial charge is 1.00 e. The number of nitrogens with zero attached hydrogens (tertiary/aromatic N) is 1. The molecule has 1 aliphatic carbocycles. The molecule has 0 saturated heterocycles.